The molecule has 0 rings (SSSR count). The lowest BCUT2D eigenvalue weighted by molar-refractivity contribution is 0.00448. The third-order valence-electron chi connectivity index (χ3n) is 1.30. The second-order valence-corrected chi connectivity index (χ2v) is 2.74. The molecule has 0 aromatic rings. The van der Waals surface area contributed by atoms with Gasteiger partial charge in [-0.25, -0.2) is 0 Å². The first kappa shape index (κ1) is 9.66. The summed E-state index contributed by atoms with van der Waals surface area (Å²) >= 11 is 0. The van der Waals surface area contributed by atoms with Gasteiger partial charge in [-0.3, -0.25) is 0 Å². The van der Waals surface area contributed by atoms with Crippen molar-refractivity contribution >= 4 is 0 Å². The molecule has 0 aromatic heterocycles. The molecule has 0 fully saturated rings. The highest BCUT2D eigenvalue weighted by molar-refractivity contribution is 4.88. The third-order valence-corrected chi connectivity index (χ3v) is 1.30. The van der Waals surface area contributed by atoms with Gasteiger partial charge in [0.2, 0.25) is 0 Å². The van der Waals surface area contributed by atoms with Crippen LogP contribution in [0.1, 0.15) is 26.7 Å². The van der Waals surface area contributed by atoms with Gasteiger partial charge in [0.15, 0.2) is 0 Å². The van der Waals surface area contributed by atoms with Crippen LogP contribution in [0.15, 0.2) is 12.2 Å². The monoisotopic (exact) mass is 144 g/mol. The van der Waals surface area contributed by atoms with Gasteiger partial charge < -0.3 is 10.2 Å². The van der Waals surface area contributed by atoms with Crippen molar-refractivity contribution in [2.45, 2.75) is 32.3 Å². The molecular weight excluding hydrogens is 128 g/mol. The highest BCUT2D eigenvalue weighted by Crippen LogP contribution is 2.08. The number of hydrogen-bond acceptors (Lipinski definition) is 2. The van der Waals surface area contributed by atoms with E-state index in [-0.39, 0.29) is 6.61 Å². The van der Waals surface area contributed by atoms with E-state index in [4.69, 9.17) is 5.11 Å². The van der Waals surface area contributed by atoms with Crippen LogP contribution in [-0.4, -0.2) is 22.4 Å². The van der Waals surface area contributed by atoms with Crippen molar-refractivity contribution in [3.63, 3.8) is 0 Å². The van der Waals surface area contributed by atoms with E-state index in [9.17, 15) is 5.11 Å². The normalized spacial score (nSPS) is 17.6. The van der Waals surface area contributed by atoms with Crippen LogP contribution in [0.25, 0.3) is 0 Å². The molecule has 0 bridgehead atoms. The molecule has 60 valence electrons. The second kappa shape index (κ2) is 4.47. The van der Waals surface area contributed by atoms with Crippen molar-refractivity contribution in [1.82, 2.24) is 0 Å². The highest BCUT2D eigenvalue weighted by atomic mass is 16.3. The van der Waals surface area contributed by atoms with Crippen LogP contribution >= 0.6 is 0 Å². The molecule has 0 saturated heterocycles. The summed E-state index contributed by atoms with van der Waals surface area (Å²) in [6.45, 7) is 3.47. The smallest absolute Gasteiger partial charge is 0.0883 e. The second-order valence-electron chi connectivity index (χ2n) is 2.74. The quantitative estimate of drug-likeness (QED) is 0.580. The maximum atomic E-state index is 9.25. The van der Waals surface area contributed by atoms with Gasteiger partial charge in [0.25, 0.3) is 0 Å². The lowest BCUT2D eigenvalue weighted by Gasteiger charge is -2.17. The highest BCUT2D eigenvalue weighted by Gasteiger charge is 2.15. The van der Waals surface area contributed by atoms with E-state index in [1.807, 2.05) is 19.1 Å². The van der Waals surface area contributed by atoms with Crippen LogP contribution in [0.5, 0.6) is 0 Å². The summed E-state index contributed by atoms with van der Waals surface area (Å²) in [6, 6.07) is 0. The van der Waals surface area contributed by atoms with Crippen molar-refractivity contribution in [2.24, 2.45) is 0 Å². The van der Waals surface area contributed by atoms with E-state index in [0.717, 1.165) is 6.42 Å². The molecule has 0 aromatic carbocycles. The first-order valence-corrected chi connectivity index (χ1v) is 3.60. The Morgan fingerprint density at radius 2 is 2.00 bits per heavy atom. The number of hydrogen-bond donors (Lipinski definition) is 2. The van der Waals surface area contributed by atoms with E-state index >= 15 is 0 Å². The van der Waals surface area contributed by atoms with Crippen LogP contribution in [-0.2, 0) is 0 Å². The summed E-state index contributed by atoms with van der Waals surface area (Å²) < 4.78 is 0. The zero-order valence-electron chi connectivity index (χ0n) is 6.67. The fraction of sp³-hybridized carbons (Fsp3) is 0.750. The summed E-state index contributed by atoms with van der Waals surface area (Å²) in [6.07, 6.45) is 5.36. The van der Waals surface area contributed by atoms with Gasteiger partial charge in [-0.2, -0.15) is 0 Å². The van der Waals surface area contributed by atoms with Gasteiger partial charge in [0.1, 0.15) is 0 Å². The molecule has 0 spiro atoms. The molecule has 2 nitrogen and oxygen atoms in total. The Morgan fingerprint density at radius 1 is 1.40 bits per heavy atom. The van der Waals surface area contributed by atoms with E-state index in [0.29, 0.717) is 6.42 Å². The molecule has 0 saturated carbocycles. The minimum Gasteiger partial charge on any atom is -0.393 e. The van der Waals surface area contributed by atoms with E-state index in [1.165, 1.54) is 0 Å². The van der Waals surface area contributed by atoms with Crippen molar-refractivity contribution in [3.05, 3.63) is 12.2 Å². The lowest BCUT2D eigenvalue weighted by Crippen LogP contribution is -2.27. The largest absolute Gasteiger partial charge is 0.393 e. The molecular formula is C8H16O2. The maximum Gasteiger partial charge on any atom is 0.0883 e. The fourth-order valence-corrected chi connectivity index (χ4v) is 0.568. The minimum atomic E-state index is -0.939. The van der Waals surface area contributed by atoms with Crippen molar-refractivity contribution in [2.75, 3.05) is 6.61 Å². The molecule has 2 N–H and O–H groups in total. The van der Waals surface area contributed by atoms with Crippen LogP contribution < -0.4 is 0 Å². The van der Waals surface area contributed by atoms with Gasteiger partial charge >= 0.3 is 0 Å². The Hall–Kier alpha value is -0.340. The summed E-state index contributed by atoms with van der Waals surface area (Å²) in [5, 5.41) is 17.9. The first-order valence-electron chi connectivity index (χ1n) is 3.60. The first-order chi connectivity index (χ1) is 4.62. The van der Waals surface area contributed by atoms with E-state index < -0.39 is 5.60 Å². The molecule has 1 atom stereocenters. The predicted octanol–water partition coefficient (Wildman–Crippen LogP) is 1.09. The van der Waals surface area contributed by atoms with Crippen LogP contribution in [0.3, 0.4) is 0 Å². The Kier molecular flexibility index (Phi) is 4.32. The van der Waals surface area contributed by atoms with Crippen LogP contribution in [0, 0.1) is 0 Å². The topological polar surface area (TPSA) is 40.5 Å². The Morgan fingerprint density at radius 3 is 2.40 bits per heavy atom. The average molecular weight is 144 g/mol. The summed E-state index contributed by atoms with van der Waals surface area (Å²) in [7, 11) is 0. The fourth-order valence-electron chi connectivity index (χ4n) is 0.568. The Balaban J connectivity index is 3.56. The number of aliphatic hydroxyl groups excluding tert-OH is 1. The van der Waals surface area contributed by atoms with Crippen molar-refractivity contribution < 1.29 is 10.2 Å². The van der Waals surface area contributed by atoms with Gasteiger partial charge in [-0.15, -0.1) is 0 Å². The molecule has 0 aliphatic heterocycles. The zero-order chi connectivity index (χ0) is 8.04. The summed E-state index contributed by atoms with van der Waals surface area (Å²) in [4.78, 5) is 0. The molecule has 1 unspecified atom stereocenters. The predicted molar refractivity (Wildman–Crippen MR) is 41.8 cm³/mol. The Labute approximate surface area is 62.2 Å². The summed E-state index contributed by atoms with van der Waals surface area (Å²) in [5.41, 5.74) is -0.939. The molecule has 0 heterocycles. The van der Waals surface area contributed by atoms with Crippen LogP contribution in [0.2, 0.25) is 0 Å². The van der Waals surface area contributed by atoms with Crippen molar-refractivity contribution in [3.8, 4) is 0 Å². The zero-order valence-corrected chi connectivity index (χ0v) is 6.67. The summed E-state index contributed by atoms with van der Waals surface area (Å²) in [5.74, 6) is 0. The number of aliphatic hydroxyl groups is 2. The molecule has 0 aliphatic carbocycles. The molecule has 10 heavy (non-hydrogen) atoms. The minimum absolute atomic E-state index is 0.180. The van der Waals surface area contributed by atoms with Gasteiger partial charge in [0, 0.05) is 0 Å². The molecule has 0 radical (unpaired) electrons. The molecule has 0 amide bonds. The molecule has 2 heteroatoms. The number of allylic oxidation sites excluding steroid dienone is 1. The average Bonchev–Trinajstić information content (AvgIpc) is 1.89. The van der Waals surface area contributed by atoms with Gasteiger partial charge in [-0.05, 0) is 19.8 Å². The third kappa shape index (κ3) is 4.53. The van der Waals surface area contributed by atoms with Crippen LogP contribution in [0.4, 0.5) is 0 Å². The molecule has 0 aliphatic rings. The van der Waals surface area contributed by atoms with E-state index in [2.05, 4.69) is 0 Å². The SMILES string of the molecule is CCC=CCC(C)(O)CO. The lowest BCUT2D eigenvalue weighted by atomic mass is 10.0. The van der Waals surface area contributed by atoms with Gasteiger partial charge in [0.05, 0.1) is 12.2 Å². The van der Waals surface area contributed by atoms with Gasteiger partial charge in [-0.1, -0.05) is 19.1 Å². The standard InChI is InChI=1S/C8H16O2/c1-3-4-5-6-8(2,10)7-9/h4-5,9-10H,3,6-7H2,1-2H3. The van der Waals surface area contributed by atoms with E-state index in [1.54, 1.807) is 6.92 Å². The van der Waals surface area contributed by atoms with Crippen molar-refractivity contribution in [1.29, 1.82) is 0 Å². The number of rotatable bonds is 4. The Bertz CT molecular complexity index is 106. The maximum absolute atomic E-state index is 9.25.